The average Bonchev–Trinajstić information content (AvgIpc) is 2.27. The van der Waals surface area contributed by atoms with Crippen LogP contribution in [0.2, 0.25) is 0 Å². The van der Waals surface area contributed by atoms with E-state index in [1.165, 1.54) is 22.9 Å². The first kappa shape index (κ1) is 14.1. The van der Waals surface area contributed by atoms with E-state index in [9.17, 15) is 4.79 Å². The minimum absolute atomic E-state index is 0.0446. The molecule has 0 spiro atoms. The number of aliphatic hydroxyl groups is 1. The van der Waals surface area contributed by atoms with Crippen LogP contribution < -0.4 is 5.32 Å². The number of thioether (sulfide) groups is 1. The maximum atomic E-state index is 11.5. The molecule has 0 saturated carbocycles. The Kier molecular flexibility index (Phi) is 5.51. The first-order valence-corrected chi connectivity index (χ1v) is 6.62. The van der Waals surface area contributed by atoms with Gasteiger partial charge in [0.15, 0.2) is 0 Å². The van der Waals surface area contributed by atoms with E-state index in [1.54, 1.807) is 6.92 Å². The van der Waals surface area contributed by atoms with Gasteiger partial charge < -0.3 is 10.4 Å². The molecule has 94 valence electrons. The number of aliphatic hydroxyl groups excluding tert-OH is 1. The predicted octanol–water partition coefficient (Wildman–Crippen LogP) is 1.89. The zero-order chi connectivity index (χ0) is 12.8. The molecule has 2 N–H and O–H groups in total. The molecule has 0 aliphatic rings. The Morgan fingerprint density at radius 3 is 2.82 bits per heavy atom. The fraction of sp³-hybridized carbons (Fsp3) is 0.462. The summed E-state index contributed by atoms with van der Waals surface area (Å²) in [5.74, 6) is 0.341. The Balaban J connectivity index is 2.44. The van der Waals surface area contributed by atoms with Gasteiger partial charge in [-0.15, -0.1) is 11.8 Å². The van der Waals surface area contributed by atoms with Crippen LogP contribution in [0.5, 0.6) is 0 Å². The van der Waals surface area contributed by atoms with Gasteiger partial charge in [0.05, 0.1) is 11.9 Å². The van der Waals surface area contributed by atoms with Gasteiger partial charge in [0.25, 0.3) is 0 Å². The summed E-state index contributed by atoms with van der Waals surface area (Å²) in [6, 6.07) is 6.21. The summed E-state index contributed by atoms with van der Waals surface area (Å²) in [5, 5.41) is 11.7. The van der Waals surface area contributed by atoms with Crippen LogP contribution in [0.3, 0.4) is 0 Å². The molecule has 0 aliphatic carbocycles. The minimum atomic E-state index is -0.496. The Morgan fingerprint density at radius 1 is 1.47 bits per heavy atom. The van der Waals surface area contributed by atoms with Gasteiger partial charge in [-0.05, 0) is 32.4 Å². The lowest BCUT2D eigenvalue weighted by atomic mass is 10.2. The van der Waals surface area contributed by atoms with Gasteiger partial charge >= 0.3 is 0 Å². The number of rotatable bonds is 5. The number of hydrogen-bond donors (Lipinski definition) is 2. The van der Waals surface area contributed by atoms with Gasteiger partial charge in [-0.25, -0.2) is 0 Å². The van der Waals surface area contributed by atoms with Crippen LogP contribution in [-0.4, -0.2) is 29.4 Å². The summed E-state index contributed by atoms with van der Waals surface area (Å²) >= 11 is 1.53. The maximum absolute atomic E-state index is 11.5. The fourth-order valence-electron chi connectivity index (χ4n) is 1.32. The molecule has 0 radical (unpaired) electrons. The lowest BCUT2D eigenvalue weighted by Gasteiger charge is -2.08. The molecule has 1 aromatic carbocycles. The normalized spacial score (nSPS) is 12.2. The molecule has 4 heteroatoms. The molecular formula is C13H19NO2S. The summed E-state index contributed by atoms with van der Waals surface area (Å²) in [7, 11) is 0. The summed E-state index contributed by atoms with van der Waals surface area (Å²) < 4.78 is 0. The van der Waals surface area contributed by atoms with Gasteiger partial charge in [-0.1, -0.05) is 17.7 Å². The Bertz CT molecular complexity index is 391. The highest BCUT2D eigenvalue weighted by Crippen LogP contribution is 2.23. The highest BCUT2D eigenvalue weighted by molar-refractivity contribution is 8.00. The Hall–Kier alpha value is -1.00. The quantitative estimate of drug-likeness (QED) is 0.788. The molecule has 1 unspecified atom stereocenters. The second kappa shape index (κ2) is 6.67. The third-order valence-electron chi connectivity index (χ3n) is 2.30. The third kappa shape index (κ3) is 5.24. The van der Waals surface area contributed by atoms with E-state index in [0.717, 1.165) is 4.90 Å². The van der Waals surface area contributed by atoms with Crippen molar-refractivity contribution in [3.05, 3.63) is 29.3 Å². The van der Waals surface area contributed by atoms with Crippen LogP contribution >= 0.6 is 11.8 Å². The van der Waals surface area contributed by atoms with Crippen molar-refractivity contribution in [2.75, 3.05) is 12.3 Å². The fourth-order valence-corrected chi connectivity index (χ4v) is 2.27. The summed E-state index contributed by atoms with van der Waals surface area (Å²) in [6.45, 7) is 6.04. The Labute approximate surface area is 107 Å². The lowest BCUT2D eigenvalue weighted by Crippen LogP contribution is -2.31. The van der Waals surface area contributed by atoms with Crippen molar-refractivity contribution in [2.45, 2.75) is 31.8 Å². The highest BCUT2D eigenvalue weighted by atomic mass is 32.2. The molecule has 1 aromatic rings. The standard InChI is InChI=1S/C13H19NO2S/c1-9-4-5-10(2)12(6-9)17-8-13(16)14-7-11(3)15/h4-6,11,15H,7-8H2,1-3H3,(H,14,16). The third-order valence-corrected chi connectivity index (χ3v) is 3.45. The van der Waals surface area contributed by atoms with Crippen LogP contribution in [-0.2, 0) is 4.79 Å². The summed E-state index contributed by atoms with van der Waals surface area (Å²) in [4.78, 5) is 12.6. The number of carbonyl (C=O) groups excluding carboxylic acids is 1. The monoisotopic (exact) mass is 253 g/mol. The molecule has 1 rings (SSSR count). The summed E-state index contributed by atoms with van der Waals surface area (Å²) in [6.07, 6.45) is -0.496. The van der Waals surface area contributed by atoms with Crippen LogP contribution in [0.25, 0.3) is 0 Å². The van der Waals surface area contributed by atoms with Crippen molar-refractivity contribution in [1.29, 1.82) is 0 Å². The van der Waals surface area contributed by atoms with E-state index in [1.807, 2.05) is 13.8 Å². The molecule has 0 aliphatic heterocycles. The zero-order valence-corrected chi connectivity index (χ0v) is 11.3. The number of aryl methyl sites for hydroxylation is 2. The van der Waals surface area contributed by atoms with E-state index in [0.29, 0.717) is 12.3 Å². The second-order valence-electron chi connectivity index (χ2n) is 4.21. The van der Waals surface area contributed by atoms with E-state index in [2.05, 4.69) is 23.5 Å². The number of nitrogens with one attached hydrogen (secondary N) is 1. The first-order chi connectivity index (χ1) is 7.99. The van der Waals surface area contributed by atoms with E-state index in [4.69, 9.17) is 5.11 Å². The Morgan fingerprint density at radius 2 is 2.18 bits per heavy atom. The van der Waals surface area contributed by atoms with E-state index >= 15 is 0 Å². The van der Waals surface area contributed by atoms with E-state index in [-0.39, 0.29) is 5.91 Å². The zero-order valence-electron chi connectivity index (χ0n) is 10.5. The van der Waals surface area contributed by atoms with Crippen LogP contribution in [0, 0.1) is 13.8 Å². The van der Waals surface area contributed by atoms with Crippen LogP contribution in [0.1, 0.15) is 18.1 Å². The minimum Gasteiger partial charge on any atom is -0.392 e. The SMILES string of the molecule is Cc1ccc(C)c(SCC(=O)NCC(C)O)c1. The van der Waals surface area contributed by atoms with Gasteiger partial charge in [-0.2, -0.15) is 0 Å². The van der Waals surface area contributed by atoms with Crippen LogP contribution in [0.4, 0.5) is 0 Å². The van der Waals surface area contributed by atoms with Crippen molar-refractivity contribution in [3.63, 3.8) is 0 Å². The molecule has 0 bridgehead atoms. The molecule has 0 heterocycles. The van der Waals surface area contributed by atoms with Crippen molar-refractivity contribution in [1.82, 2.24) is 5.32 Å². The van der Waals surface area contributed by atoms with Crippen molar-refractivity contribution in [3.8, 4) is 0 Å². The van der Waals surface area contributed by atoms with Crippen molar-refractivity contribution < 1.29 is 9.90 Å². The molecule has 0 saturated heterocycles. The molecule has 0 aromatic heterocycles. The lowest BCUT2D eigenvalue weighted by molar-refractivity contribution is -0.118. The van der Waals surface area contributed by atoms with Gasteiger partial charge in [-0.3, -0.25) is 4.79 Å². The molecular weight excluding hydrogens is 234 g/mol. The van der Waals surface area contributed by atoms with Crippen LogP contribution in [0.15, 0.2) is 23.1 Å². The predicted molar refractivity (Wildman–Crippen MR) is 71.3 cm³/mol. The highest BCUT2D eigenvalue weighted by Gasteiger charge is 2.05. The number of carbonyl (C=O) groups is 1. The molecule has 0 fully saturated rings. The van der Waals surface area contributed by atoms with Gasteiger partial charge in [0.2, 0.25) is 5.91 Å². The second-order valence-corrected chi connectivity index (χ2v) is 5.23. The molecule has 17 heavy (non-hydrogen) atoms. The van der Waals surface area contributed by atoms with E-state index < -0.39 is 6.10 Å². The first-order valence-electron chi connectivity index (χ1n) is 5.64. The largest absolute Gasteiger partial charge is 0.392 e. The van der Waals surface area contributed by atoms with Gasteiger partial charge in [0, 0.05) is 11.4 Å². The topological polar surface area (TPSA) is 49.3 Å². The smallest absolute Gasteiger partial charge is 0.230 e. The average molecular weight is 253 g/mol. The number of benzene rings is 1. The van der Waals surface area contributed by atoms with Gasteiger partial charge in [0.1, 0.15) is 0 Å². The summed E-state index contributed by atoms with van der Waals surface area (Å²) in [5.41, 5.74) is 2.38. The molecule has 1 amide bonds. The number of hydrogen-bond acceptors (Lipinski definition) is 3. The van der Waals surface area contributed by atoms with Crippen molar-refractivity contribution >= 4 is 17.7 Å². The molecule has 3 nitrogen and oxygen atoms in total. The van der Waals surface area contributed by atoms with Crippen molar-refractivity contribution in [2.24, 2.45) is 0 Å². The maximum Gasteiger partial charge on any atom is 0.230 e. The molecule has 1 atom stereocenters. The number of amides is 1.